The molecule has 2 heterocycles. The summed E-state index contributed by atoms with van der Waals surface area (Å²) in [7, 11) is -2.28. The number of carbonyl (C=O) groups is 1. The average molecular weight is 524 g/mol. The second kappa shape index (κ2) is 9.96. The molecule has 1 aliphatic heterocycles. The molecule has 8 nitrogen and oxygen atoms in total. The number of aryl methyl sites for hydroxylation is 1. The Hall–Kier alpha value is -3.34. The molecule has 0 radical (unpaired) electrons. The van der Waals surface area contributed by atoms with Gasteiger partial charge in [0.2, 0.25) is 15.9 Å². The maximum atomic E-state index is 13.6. The summed E-state index contributed by atoms with van der Waals surface area (Å²) < 4.78 is 39.6. The van der Waals surface area contributed by atoms with Crippen LogP contribution in [-0.2, 0) is 14.8 Å². The summed E-state index contributed by atoms with van der Waals surface area (Å²) in [5.74, 6) is 0.511. The van der Waals surface area contributed by atoms with E-state index in [4.69, 9.17) is 9.15 Å². The number of hydrogen-bond donors (Lipinski definition) is 0. The van der Waals surface area contributed by atoms with Crippen LogP contribution >= 0.6 is 11.8 Å². The molecule has 0 unspecified atom stereocenters. The number of oxazole rings is 1. The fourth-order valence-corrected chi connectivity index (χ4v) is 6.50. The van der Waals surface area contributed by atoms with Crippen molar-refractivity contribution in [2.45, 2.75) is 23.2 Å². The van der Waals surface area contributed by atoms with Crippen LogP contribution in [0.5, 0.6) is 5.75 Å². The number of carbonyl (C=O) groups excluding carboxylic acids is 1. The van der Waals surface area contributed by atoms with Crippen molar-refractivity contribution in [3.63, 3.8) is 0 Å². The highest BCUT2D eigenvalue weighted by molar-refractivity contribution is 7.99. The van der Waals surface area contributed by atoms with Gasteiger partial charge in [0.05, 0.1) is 17.8 Å². The van der Waals surface area contributed by atoms with Gasteiger partial charge in [-0.2, -0.15) is 4.31 Å². The summed E-state index contributed by atoms with van der Waals surface area (Å²) in [4.78, 5) is 19.6. The minimum atomic E-state index is -3.85. The summed E-state index contributed by atoms with van der Waals surface area (Å²) in [6, 6.07) is 21.3. The molecule has 4 aromatic rings. The summed E-state index contributed by atoms with van der Waals surface area (Å²) >= 11 is 1.19. The third kappa shape index (κ3) is 4.71. The number of para-hydroxylation sites is 2. The first-order valence-electron chi connectivity index (χ1n) is 11.4. The van der Waals surface area contributed by atoms with E-state index in [1.54, 1.807) is 60.5 Å². The monoisotopic (exact) mass is 523 g/mol. The van der Waals surface area contributed by atoms with Crippen LogP contribution in [0.15, 0.2) is 87.3 Å². The molecule has 1 amide bonds. The standard InChI is InChI=1S/C26H25N3O5S2/c1-18-7-13-21(14-8-18)36(31,32)29-16-15-28(25(29)19-9-11-20(33-2)12-10-19)24(30)17-35-26-27-22-5-3-4-6-23(22)34-26/h3-14,25H,15-17H2,1-2H3/t25-/m1/s1. The number of hydrogen-bond acceptors (Lipinski definition) is 7. The van der Waals surface area contributed by atoms with Gasteiger partial charge in [-0.3, -0.25) is 4.79 Å². The van der Waals surface area contributed by atoms with Crippen LogP contribution in [0.1, 0.15) is 17.3 Å². The van der Waals surface area contributed by atoms with Crippen LogP contribution in [-0.4, -0.2) is 54.5 Å². The number of benzene rings is 3. The maximum absolute atomic E-state index is 13.6. The molecule has 10 heteroatoms. The Morgan fingerprint density at radius 1 is 1.06 bits per heavy atom. The largest absolute Gasteiger partial charge is 0.497 e. The van der Waals surface area contributed by atoms with Gasteiger partial charge in [0, 0.05) is 13.1 Å². The molecule has 0 N–H and O–H groups in total. The SMILES string of the molecule is COc1ccc([C@@H]2N(C(=O)CSc3nc4ccccc4o3)CCN2S(=O)(=O)c2ccc(C)cc2)cc1. The molecule has 0 spiro atoms. The van der Waals surface area contributed by atoms with Crippen molar-refractivity contribution in [2.24, 2.45) is 0 Å². The highest BCUT2D eigenvalue weighted by Gasteiger charge is 2.43. The van der Waals surface area contributed by atoms with Crippen LogP contribution in [0.4, 0.5) is 0 Å². The lowest BCUT2D eigenvalue weighted by Crippen LogP contribution is -2.38. The number of fused-ring (bicyclic) bond motifs is 1. The Balaban J connectivity index is 1.42. The van der Waals surface area contributed by atoms with E-state index in [1.165, 1.54) is 16.1 Å². The molecular weight excluding hydrogens is 498 g/mol. The minimum Gasteiger partial charge on any atom is -0.497 e. The fourth-order valence-electron chi connectivity index (χ4n) is 4.21. The molecule has 1 saturated heterocycles. The van der Waals surface area contributed by atoms with Crippen LogP contribution in [0.2, 0.25) is 0 Å². The number of amides is 1. The summed E-state index contributed by atoms with van der Waals surface area (Å²) in [6.07, 6.45) is -0.779. The smallest absolute Gasteiger partial charge is 0.257 e. The third-order valence-electron chi connectivity index (χ3n) is 6.08. The normalized spacial score (nSPS) is 16.5. The summed E-state index contributed by atoms with van der Waals surface area (Å²) in [5, 5.41) is 0.397. The number of ether oxygens (including phenoxy) is 1. The second-order valence-corrected chi connectivity index (χ2v) is 11.2. The first-order chi connectivity index (χ1) is 17.4. The van der Waals surface area contributed by atoms with Gasteiger partial charge in [-0.25, -0.2) is 13.4 Å². The molecular formula is C26H25N3O5S2. The Morgan fingerprint density at radius 3 is 2.47 bits per heavy atom. The topological polar surface area (TPSA) is 92.9 Å². The van der Waals surface area contributed by atoms with Gasteiger partial charge < -0.3 is 14.1 Å². The lowest BCUT2D eigenvalue weighted by molar-refractivity contribution is -0.130. The lowest BCUT2D eigenvalue weighted by atomic mass is 10.1. The number of aromatic nitrogens is 1. The Bertz CT molecular complexity index is 1450. The van der Waals surface area contributed by atoms with E-state index in [-0.39, 0.29) is 29.6 Å². The van der Waals surface area contributed by atoms with Gasteiger partial charge in [0.15, 0.2) is 5.58 Å². The van der Waals surface area contributed by atoms with E-state index in [0.29, 0.717) is 22.1 Å². The Kier molecular flexibility index (Phi) is 6.74. The number of nitrogens with zero attached hydrogens (tertiary/aromatic N) is 3. The second-order valence-electron chi connectivity index (χ2n) is 8.40. The average Bonchev–Trinajstić information content (AvgIpc) is 3.52. The van der Waals surface area contributed by atoms with Crippen LogP contribution in [0.3, 0.4) is 0 Å². The molecule has 186 valence electrons. The van der Waals surface area contributed by atoms with Crippen molar-refractivity contribution in [1.29, 1.82) is 0 Å². The molecule has 0 aliphatic carbocycles. The van der Waals surface area contributed by atoms with Gasteiger partial charge in [-0.05, 0) is 48.9 Å². The minimum absolute atomic E-state index is 0.0674. The molecule has 0 saturated carbocycles. The predicted molar refractivity (Wildman–Crippen MR) is 137 cm³/mol. The van der Waals surface area contributed by atoms with Crippen LogP contribution in [0.25, 0.3) is 11.1 Å². The zero-order chi connectivity index (χ0) is 25.3. The van der Waals surface area contributed by atoms with Crippen molar-refractivity contribution in [2.75, 3.05) is 26.0 Å². The van der Waals surface area contributed by atoms with Gasteiger partial charge in [0.25, 0.3) is 5.22 Å². The highest BCUT2D eigenvalue weighted by Crippen LogP contribution is 2.36. The molecule has 0 bridgehead atoms. The summed E-state index contributed by atoms with van der Waals surface area (Å²) in [6.45, 7) is 2.36. The molecule has 1 aliphatic rings. The van der Waals surface area contributed by atoms with E-state index < -0.39 is 16.2 Å². The van der Waals surface area contributed by atoms with E-state index in [2.05, 4.69) is 4.98 Å². The summed E-state index contributed by atoms with van der Waals surface area (Å²) in [5.41, 5.74) is 3.03. The number of methoxy groups -OCH3 is 1. The Labute approximate surface area is 213 Å². The van der Waals surface area contributed by atoms with E-state index in [0.717, 1.165) is 11.1 Å². The molecule has 1 fully saturated rings. The predicted octanol–water partition coefficient (Wildman–Crippen LogP) is 4.47. The van der Waals surface area contributed by atoms with Crippen molar-refractivity contribution in [3.8, 4) is 5.75 Å². The van der Waals surface area contributed by atoms with Gasteiger partial charge in [0.1, 0.15) is 17.4 Å². The van der Waals surface area contributed by atoms with Crippen LogP contribution < -0.4 is 4.74 Å². The Morgan fingerprint density at radius 2 is 1.78 bits per heavy atom. The molecule has 1 aromatic heterocycles. The van der Waals surface area contributed by atoms with Crippen molar-refractivity contribution < 1.29 is 22.4 Å². The first-order valence-corrected chi connectivity index (χ1v) is 13.8. The van der Waals surface area contributed by atoms with E-state index >= 15 is 0 Å². The number of thioether (sulfide) groups is 1. The van der Waals surface area contributed by atoms with Gasteiger partial charge in [-0.1, -0.05) is 53.7 Å². The quantitative estimate of drug-likeness (QED) is 0.330. The molecule has 1 atom stereocenters. The first kappa shape index (κ1) is 24.4. The van der Waals surface area contributed by atoms with Crippen molar-refractivity contribution in [1.82, 2.24) is 14.2 Å². The van der Waals surface area contributed by atoms with Gasteiger partial charge >= 0.3 is 0 Å². The van der Waals surface area contributed by atoms with Crippen molar-refractivity contribution in [3.05, 3.63) is 83.9 Å². The van der Waals surface area contributed by atoms with Crippen LogP contribution in [0, 0.1) is 6.92 Å². The van der Waals surface area contributed by atoms with Crippen molar-refractivity contribution >= 4 is 38.8 Å². The van der Waals surface area contributed by atoms with E-state index in [9.17, 15) is 13.2 Å². The molecule has 36 heavy (non-hydrogen) atoms. The molecule has 3 aromatic carbocycles. The third-order valence-corrected chi connectivity index (χ3v) is 8.77. The fraction of sp³-hybridized carbons (Fsp3) is 0.231. The van der Waals surface area contributed by atoms with E-state index in [1.807, 2.05) is 31.2 Å². The maximum Gasteiger partial charge on any atom is 0.257 e. The number of rotatable bonds is 7. The zero-order valence-corrected chi connectivity index (χ0v) is 21.5. The zero-order valence-electron chi connectivity index (χ0n) is 19.8. The lowest BCUT2D eigenvalue weighted by Gasteiger charge is -2.30. The van der Waals surface area contributed by atoms with Gasteiger partial charge in [-0.15, -0.1) is 0 Å². The number of sulfonamides is 1. The highest BCUT2D eigenvalue weighted by atomic mass is 32.2. The molecule has 5 rings (SSSR count).